The zero-order chi connectivity index (χ0) is 13.2. The van der Waals surface area contributed by atoms with Gasteiger partial charge in [-0.25, -0.2) is 0 Å². The minimum atomic E-state index is 0.103. The maximum atomic E-state index is 5.46. The highest BCUT2D eigenvalue weighted by Gasteiger charge is 2.36. The lowest BCUT2D eigenvalue weighted by molar-refractivity contribution is -0.0228. The van der Waals surface area contributed by atoms with Crippen molar-refractivity contribution in [3.8, 4) is 0 Å². The molecule has 1 aliphatic heterocycles. The van der Waals surface area contributed by atoms with E-state index < -0.39 is 0 Å². The molecule has 0 saturated carbocycles. The molecule has 0 bridgehead atoms. The van der Waals surface area contributed by atoms with Crippen LogP contribution in [0.3, 0.4) is 0 Å². The normalized spacial score (nSPS) is 20.0. The van der Waals surface area contributed by atoms with E-state index in [9.17, 15) is 0 Å². The lowest BCUT2D eigenvalue weighted by atomic mass is 9.87. The summed E-state index contributed by atoms with van der Waals surface area (Å²) in [5.41, 5.74) is 1.50. The van der Waals surface area contributed by atoms with Crippen molar-refractivity contribution < 1.29 is 4.74 Å². The molecule has 1 N–H and O–H groups in total. The predicted octanol–water partition coefficient (Wildman–Crippen LogP) is 2.43. The van der Waals surface area contributed by atoms with E-state index in [0.29, 0.717) is 6.04 Å². The van der Waals surface area contributed by atoms with E-state index in [4.69, 9.17) is 4.74 Å². The molecule has 3 nitrogen and oxygen atoms in total. The molecule has 0 spiro atoms. The van der Waals surface area contributed by atoms with Crippen molar-refractivity contribution in [2.45, 2.75) is 32.4 Å². The predicted molar refractivity (Wildman–Crippen MR) is 77.3 cm³/mol. The summed E-state index contributed by atoms with van der Waals surface area (Å²) in [6.45, 7) is 10.6. The van der Waals surface area contributed by atoms with E-state index in [1.807, 2.05) is 11.3 Å². The van der Waals surface area contributed by atoms with Crippen molar-refractivity contribution in [3.05, 3.63) is 21.9 Å². The third kappa shape index (κ3) is 2.77. The van der Waals surface area contributed by atoms with Crippen molar-refractivity contribution in [1.82, 2.24) is 10.2 Å². The highest BCUT2D eigenvalue weighted by molar-refractivity contribution is 7.10. The van der Waals surface area contributed by atoms with E-state index in [2.05, 4.69) is 49.5 Å². The van der Waals surface area contributed by atoms with E-state index in [0.717, 1.165) is 26.3 Å². The molecule has 4 heteroatoms. The minimum Gasteiger partial charge on any atom is -0.379 e. The molecule has 1 saturated heterocycles. The maximum absolute atomic E-state index is 5.46. The first-order valence-electron chi connectivity index (χ1n) is 6.61. The highest BCUT2D eigenvalue weighted by atomic mass is 32.1. The van der Waals surface area contributed by atoms with Crippen molar-refractivity contribution in [3.63, 3.8) is 0 Å². The number of likely N-dealkylation sites (N-methyl/N-ethyl adjacent to an activating group) is 1. The zero-order valence-corrected chi connectivity index (χ0v) is 12.6. The Labute approximate surface area is 114 Å². The average Bonchev–Trinajstić information content (AvgIpc) is 2.77. The summed E-state index contributed by atoms with van der Waals surface area (Å²) in [4.78, 5) is 3.91. The van der Waals surface area contributed by atoms with Gasteiger partial charge >= 0.3 is 0 Å². The third-order valence-electron chi connectivity index (χ3n) is 3.91. The Hall–Kier alpha value is -0.420. The van der Waals surface area contributed by atoms with Gasteiger partial charge in [0, 0.05) is 23.5 Å². The van der Waals surface area contributed by atoms with Crippen LogP contribution in [0.4, 0.5) is 0 Å². The van der Waals surface area contributed by atoms with Gasteiger partial charge in [-0.15, -0.1) is 11.3 Å². The van der Waals surface area contributed by atoms with Crippen molar-refractivity contribution in [2.75, 3.05) is 33.4 Å². The molecule has 0 amide bonds. The summed E-state index contributed by atoms with van der Waals surface area (Å²) in [5, 5.41) is 5.77. The number of morpholine rings is 1. The largest absolute Gasteiger partial charge is 0.379 e. The topological polar surface area (TPSA) is 24.5 Å². The molecule has 1 aromatic rings. The van der Waals surface area contributed by atoms with Gasteiger partial charge in [0.25, 0.3) is 0 Å². The summed E-state index contributed by atoms with van der Waals surface area (Å²) in [5.74, 6) is 0. The molecule has 0 aromatic carbocycles. The van der Waals surface area contributed by atoms with Gasteiger partial charge < -0.3 is 10.1 Å². The molecule has 1 atom stereocenters. The second kappa shape index (κ2) is 5.70. The minimum absolute atomic E-state index is 0.103. The number of rotatable bonds is 4. The van der Waals surface area contributed by atoms with E-state index >= 15 is 0 Å². The van der Waals surface area contributed by atoms with Crippen LogP contribution in [0.1, 0.15) is 30.3 Å². The standard InChI is InChI=1S/C14H24N2OS/c1-11-9-12(10-18-11)13(15-4)14(2,3)16-5-7-17-8-6-16/h9-10,13,15H,5-8H2,1-4H3. The van der Waals surface area contributed by atoms with Crippen LogP contribution in [0.25, 0.3) is 0 Å². The summed E-state index contributed by atoms with van der Waals surface area (Å²) < 4.78 is 5.46. The van der Waals surface area contributed by atoms with E-state index in [1.165, 1.54) is 10.4 Å². The fourth-order valence-electron chi connectivity index (χ4n) is 2.87. The molecule has 2 heterocycles. The molecule has 1 aromatic heterocycles. The monoisotopic (exact) mass is 268 g/mol. The van der Waals surface area contributed by atoms with Crippen molar-refractivity contribution >= 4 is 11.3 Å². The highest BCUT2D eigenvalue weighted by Crippen LogP contribution is 2.33. The molecule has 1 unspecified atom stereocenters. The number of thiophene rings is 1. The van der Waals surface area contributed by atoms with Gasteiger partial charge in [-0.3, -0.25) is 4.90 Å². The van der Waals surface area contributed by atoms with E-state index in [-0.39, 0.29) is 5.54 Å². The van der Waals surface area contributed by atoms with Crippen LogP contribution in [0, 0.1) is 6.92 Å². The fourth-order valence-corrected chi connectivity index (χ4v) is 3.60. The molecule has 1 fully saturated rings. The lowest BCUT2D eigenvalue weighted by Crippen LogP contribution is -2.55. The molecular weight excluding hydrogens is 244 g/mol. The van der Waals surface area contributed by atoms with Gasteiger partial charge in [0.05, 0.1) is 19.3 Å². The smallest absolute Gasteiger partial charge is 0.0594 e. The zero-order valence-electron chi connectivity index (χ0n) is 11.8. The molecule has 18 heavy (non-hydrogen) atoms. The molecule has 102 valence electrons. The van der Waals surface area contributed by atoms with Crippen LogP contribution >= 0.6 is 11.3 Å². The van der Waals surface area contributed by atoms with Gasteiger partial charge in [-0.2, -0.15) is 0 Å². The Kier molecular flexibility index (Phi) is 4.43. The first-order chi connectivity index (χ1) is 8.55. The Balaban J connectivity index is 2.19. The van der Waals surface area contributed by atoms with Gasteiger partial charge in [-0.1, -0.05) is 0 Å². The van der Waals surface area contributed by atoms with E-state index in [1.54, 1.807) is 0 Å². The Morgan fingerprint density at radius 1 is 1.39 bits per heavy atom. The Morgan fingerprint density at radius 3 is 2.56 bits per heavy atom. The second-order valence-electron chi connectivity index (χ2n) is 5.47. The van der Waals surface area contributed by atoms with Gasteiger partial charge in [0.1, 0.15) is 0 Å². The lowest BCUT2D eigenvalue weighted by Gasteiger charge is -2.45. The van der Waals surface area contributed by atoms with Crippen molar-refractivity contribution in [2.24, 2.45) is 0 Å². The summed E-state index contributed by atoms with van der Waals surface area (Å²) in [6.07, 6.45) is 0. The van der Waals surface area contributed by atoms with Crippen LogP contribution in [0.15, 0.2) is 11.4 Å². The number of aryl methyl sites for hydroxylation is 1. The van der Waals surface area contributed by atoms with Crippen LogP contribution < -0.4 is 5.32 Å². The van der Waals surface area contributed by atoms with Gasteiger partial charge in [0.2, 0.25) is 0 Å². The van der Waals surface area contributed by atoms with Crippen molar-refractivity contribution in [1.29, 1.82) is 0 Å². The number of hydrogen-bond donors (Lipinski definition) is 1. The molecule has 0 radical (unpaired) electrons. The Morgan fingerprint density at radius 2 is 2.06 bits per heavy atom. The quantitative estimate of drug-likeness (QED) is 0.907. The Bertz CT molecular complexity index is 383. The number of ether oxygens (including phenoxy) is 1. The first kappa shape index (κ1) is 14.0. The third-order valence-corrected chi connectivity index (χ3v) is 4.79. The first-order valence-corrected chi connectivity index (χ1v) is 7.48. The van der Waals surface area contributed by atoms with Crippen LogP contribution in [0.2, 0.25) is 0 Å². The van der Waals surface area contributed by atoms with Crippen LogP contribution in [-0.2, 0) is 4.74 Å². The summed E-state index contributed by atoms with van der Waals surface area (Å²) >= 11 is 1.83. The van der Waals surface area contributed by atoms with Gasteiger partial charge in [0.15, 0.2) is 0 Å². The molecular formula is C14H24N2OS. The maximum Gasteiger partial charge on any atom is 0.0594 e. The fraction of sp³-hybridized carbons (Fsp3) is 0.714. The summed E-state index contributed by atoms with van der Waals surface area (Å²) in [7, 11) is 2.06. The van der Waals surface area contributed by atoms with Crippen LogP contribution in [0.5, 0.6) is 0 Å². The SMILES string of the molecule is CNC(c1csc(C)c1)C(C)(C)N1CCOCC1. The molecule has 0 aliphatic carbocycles. The molecule has 1 aliphatic rings. The average molecular weight is 268 g/mol. The molecule has 2 rings (SSSR count). The van der Waals surface area contributed by atoms with Gasteiger partial charge in [-0.05, 0) is 44.8 Å². The summed E-state index contributed by atoms with van der Waals surface area (Å²) in [6, 6.07) is 2.66. The number of nitrogens with zero attached hydrogens (tertiary/aromatic N) is 1. The number of hydrogen-bond acceptors (Lipinski definition) is 4. The second-order valence-corrected chi connectivity index (χ2v) is 6.58. The number of nitrogens with one attached hydrogen (secondary N) is 1. The van der Waals surface area contributed by atoms with Crippen LogP contribution in [-0.4, -0.2) is 43.8 Å².